The fraction of sp³-hybridized carbons (Fsp3) is 0.111. The molecule has 1 nitrogen and oxygen atoms in total. The van der Waals surface area contributed by atoms with E-state index in [2.05, 4.69) is 12.6 Å². The number of hydrogen-bond donors (Lipinski definition) is 2. The van der Waals surface area contributed by atoms with Crippen molar-refractivity contribution in [3.05, 3.63) is 38.7 Å². The maximum atomic E-state index is 5.83. The summed E-state index contributed by atoms with van der Waals surface area (Å²) in [7, 11) is 0. The summed E-state index contributed by atoms with van der Waals surface area (Å²) in [4.78, 5) is 0.762. The molecule has 1 aromatic carbocycles. The van der Waals surface area contributed by atoms with E-state index in [1.807, 2.05) is 13.0 Å². The first-order valence-corrected chi connectivity index (χ1v) is 4.83. The molecule has 0 aliphatic carbocycles. The first-order chi connectivity index (χ1) is 6.02. The second-order valence-corrected chi connectivity index (χ2v) is 4.11. The summed E-state index contributed by atoms with van der Waals surface area (Å²) in [5, 5.41) is 1.02. The van der Waals surface area contributed by atoms with Crippen molar-refractivity contribution >= 4 is 41.5 Å². The summed E-state index contributed by atoms with van der Waals surface area (Å²) in [5.41, 5.74) is 7.21. The quantitative estimate of drug-likeness (QED) is 0.714. The molecule has 70 valence electrons. The Bertz CT molecular complexity index is 357. The van der Waals surface area contributed by atoms with Gasteiger partial charge < -0.3 is 5.73 Å². The highest BCUT2D eigenvalue weighted by molar-refractivity contribution is 7.84. The normalized spacial score (nSPS) is 12.6. The van der Waals surface area contributed by atoms with Crippen molar-refractivity contribution in [1.29, 1.82) is 0 Å². The van der Waals surface area contributed by atoms with E-state index in [1.54, 1.807) is 12.1 Å². The van der Waals surface area contributed by atoms with Crippen LogP contribution in [0.4, 0.5) is 0 Å². The van der Waals surface area contributed by atoms with Gasteiger partial charge >= 0.3 is 0 Å². The average Bonchev–Trinajstić information content (AvgIpc) is 2.08. The summed E-state index contributed by atoms with van der Waals surface area (Å²) in [6, 6.07) is 5.24. The van der Waals surface area contributed by atoms with Gasteiger partial charge in [0.2, 0.25) is 0 Å². The van der Waals surface area contributed by atoms with Gasteiger partial charge in [-0.2, -0.15) is 0 Å². The van der Waals surface area contributed by atoms with Gasteiger partial charge in [0.25, 0.3) is 0 Å². The molecule has 0 bridgehead atoms. The molecule has 1 aromatic rings. The molecule has 13 heavy (non-hydrogen) atoms. The molecule has 0 saturated heterocycles. The van der Waals surface area contributed by atoms with Gasteiger partial charge in [-0.3, -0.25) is 0 Å². The molecular formula is C9H9Cl2NS. The molecular weight excluding hydrogens is 225 g/mol. The van der Waals surface area contributed by atoms with E-state index in [9.17, 15) is 0 Å². The van der Waals surface area contributed by atoms with Crippen LogP contribution in [0.1, 0.15) is 12.5 Å². The third kappa shape index (κ3) is 2.56. The summed E-state index contributed by atoms with van der Waals surface area (Å²) in [6.07, 6.45) is 0. The van der Waals surface area contributed by atoms with Crippen molar-refractivity contribution < 1.29 is 0 Å². The van der Waals surface area contributed by atoms with Gasteiger partial charge in [0.15, 0.2) is 0 Å². The zero-order valence-corrected chi connectivity index (χ0v) is 9.42. The monoisotopic (exact) mass is 233 g/mol. The Morgan fingerprint density at radius 1 is 1.31 bits per heavy atom. The SMILES string of the molecule is C/C(S)=C(/N)c1ccc(Cl)c(Cl)c1. The summed E-state index contributed by atoms with van der Waals surface area (Å²) in [5.74, 6) is 0. The van der Waals surface area contributed by atoms with E-state index in [0.29, 0.717) is 15.7 Å². The van der Waals surface area contributed by atoms with E-state index in [0.717, 1.165) is 10.5 Å². The van der Waals surface area contributed by atoms with Crippen molar-refractivity contribution in [1.82, 2.24) is 0 Å². The van der Waals surface area contributed by atoms with Crippen LogP contribution in [-0.4, -0.2) is 0 Å². The second-order valence-electron chi connectivity index (χ2n) is 2.63. The molecule has 1 rings (SSSR count). The van der Waals surface area contributed by atoms with Crippen molar-refractivity contribution in [3.8, 4) is 0 Å². The Hall–Kier alpha value is -0.310. The van der Waals surface area contributed by atoms with Gasteiger partial charge in [0.1, 0.15) is 0 Å². The van der Waals surface area contributed by atoms with Gasteiger partial charge in [-0.25, -0.2) is 0 Å². The van der Waals surface area contributed by atoms with Crippen LogP contribution in [-0.2, 0) is 0 Å². The average molecular weight is 234 g/mol. The van der Waals surface area contributed by atoms with Crippen molar-refractivity contribution in [3.63, 3.8) is 0 Å². The van der Waals surface area contributed by atoms with Crippen LogP contribution in [0.5, 0.6) is 0 Å². The van der Waals surface area contributed by atoms with Gasteiger partial charge in [0, 0.05) is 10.6 Å². The van der Waals surface area contributed by atoms with E-state index in [4.69, 9.17) is 28.9 Å². The standard InChI is InChI=1S/C9H9Cl2NS/c1-5(13)9(12)6-2-3-7(10)8(11)4-6/h2-4,13H,12H2,1H3/b9-5-. The summed E-state index contributed by atoms with van der Waals surface area (Å²) in [6.45, 7) is 1.82. The smallest absolute Gasteiger partial charge is 0.0599 e. The molecule has 0 heterocycles. The molecule has 0 aromatic heterocycles. The largest absolute Gasteiger partial charge is 0.398 e. The van der Waals surface area contributed by atoms with Crippen molar-refractivity contribution in [2.75, 3.05) is 0 Å². The molecule has 0 amide bonds. The minimum atomic E-state index is 0.497. The van der Waals surface area contributed by atoms with E-state index >= 15 is 0 Å². The number of thiol groups is 1. The molecule has 4 heteroatoms. The number of hydrogen-bond acceptors (Lipinski definition) is 2. The molecule has 0 aliphatic heterocycles. The summed E-state index contributed by atoms with van der Waals surface area (Å²) >= 11 is 15.7. The predicted molar refractivity (Wildman–Crippen MR) is 62.2 cm³/mol. The Morgan fingerprint density at radius 2 is 1.92 bits per heavy atom. The third-order valence-corrected chi connectivity index (χ3v) is 2.60. The first kappa shape index (κ1) is 10.8. The Kier molecular flexibility index (Phi) is 3.54. The van der Waals surface area contributed by atoms with Crippen molar-refractivity contribution in [2.45, 2.75) is 6.92 Å². The molecule has 0 unspecified atom stereocenters. The zero-order chi connectivity index (χ0) is 10.0. The van der Waals surface area contributed by atoms with Crippen molar-refractivity contribution in [2.24, 2.45) is 5.73 Å². The van der Waals surface area contributed by atoms with Crippen LogP contribution in [0.25, 0.3) is 5.70 Å². The lowest BCUT2D eigenvalue weighted by molar-refractivity contribution is 1.48. The Morgan fingerprint density at radius 3 is 2.38 bits per heavy atom. The highest BCUT2D eigenvalue weighted by Gasteiger charge is 2.02. The molecule has 0 atom stereocenters. The second kappa shape index (κ2) is 4.27. The van der Waals surface area contributed by atoms with E-state index in [1.165, 1.54) is 0 Å². The number of allylic oxidation sites excluding steroid dienone is 1. The molecule has 0 spiro atoms. The minimum absolute atomic E-state index is 0.497. The molecule has 0 aliphatic rings. The van der Waals surface area contributed by atoms with E-state index < -0.39 is 0 Å². The third-order valence-electron chi connectivity index (χ3n) is 1.62. The van der Waals surface area contributed by atoms with E-state index in [-0.39, 0.29) is 0 Å². The molecule has 0 radical (unpaired) electrons. The topological polar surface area (TPSA) is 26.0 Å². The minimum Gasteiger partial charge on any atom is -0.398 e. The fourth-order valence-electron chi connectivity index (χ4n) is 0.873. The maximum absolute atomic E-state index is 5.83. The van der Waals surface area contributed by atoms with Crippen LogP contribution in [0.3, 0.4) is 0 Å². The Balaban J connectivity index is 3.19. The lowest BCUT2D eigenvalue weighted by Crippen LogP contribution is -1.97. The predicted octanol–water partition coefficient (Wildman–Crippen LogP) is 3.57. The molecule has 0 fully saturated rings. The molecule has 0 saturated carbocycles. The van der Waals surface area contributed by atoms with Gasteiger partial charge in [-0.05, 0) is 24.6 Å². The van der Waals surface area contributed by atoms with Crippen LogP contribution in [0, 0.1) is 0 Å². The fourth-order valence-corrected chi connectivity index (χ4v) is 1.30. The van der Waals surface area contributed by atoms with Gasteiger partial charge in [0.05, 0.1) is 10.0 Å². The highest BCUT2D eigenvalue weighted by Crippen LogP contribution is 2.25. The Labute approximate surface area is 92.9 Å². The van der Waals surface area contributed by atoms with Crippen LogP contribution in [0.15, 0.2) is 23.1 Å². The molecule has 2 N–H and O–H groups in total. The number of nitrogens with two attached hydrogens (primary N) is 1. The lowest BCUT2D eigenvalue weighted by Gasteiger charge is -2.04. The van der Waals surface area contributed by atoms with Crippen LogP contribution in [0.2, 0.25) is 10.0 Å². The van der Waals surface area contributed by atoms with Gasteiger partial charge in [-0.15, -0.1) is 12.6 Å². The highest BCUT2D eigenvalue weighted by atomic mass is 35.5. The first-order valence-electron chi connectivity index (χ1n) is 3.63. The number of rotatable bonds is 1. The summed E-state index contributed by atoms with van der Waals surface area (Å²) < 4.78 is 0. The maximum Gasteiger partial charge on any atom is 0.0599 e. The number of halogens is 2. The van der Waals surface area contributed by atoms with Crippen LogP contribution >= 0.6 is 35.8 Å². The van der Waals surface area contributed by atoms with Gasteiger partial charge in [-0.1, -0.05) is 29.3 Å². The lowest BCUT2D eigenvalue weighted by atomic mass is 10.1. The number of benzene rings is 1. The zero-order valence-electron chi connectivity index (χ0n) is 7.01. The van der Waals surface area contributed by atoms with Crippen LogP contribution < -0.4 is 5.73 Å².